The molecule has 2 heterocycles. The van der Waals surface area contributed by atoms with Crippen LogP contribution in [-0.4, -0.2) is 41.8 Å². The molecule has 7 nitrogen and oxygen atoms in total. The first-order valence-electron chi connectivity index (χ1n) is 7.28. The maximum Gasteiger partial charge on any atom is 0.422 e. The van der Waals surface area contributed by atoms with Crippen molar-refractivity contribution >= 4 is 11.5 Å². The molecular weight excluding hydrogens is 329 g/mol. The Morgan fingerprint density at radius 2 is 2.08 bits per heavy atom. The third-order valence-electron chi connectivity index (χ3n) is 3.53. The van der Waals surface area contributed by atoms with Gasteiger partial charge in [0.1, 0.15) is 11.4 Å². The first kappa shape index (κ1) is 18.0. The zero-order valence-corrected chi connectivity index (χ0v) is 12.7. The lowest BCUT2D eigenvalue weighted by Crippen LogP contribution is -2.28. The standard InChI is InChI=1S/C14H17F3N4O3/c15-14(16,17)7-24-13(23)9(6-18)12-20-10(5-11(22)21-12)8-1-3-19-4-2-8/h5-6,8,19H,1-4,7,18H2,(H,20,21,22). The topological polar surface area (TPSA) is 110 Å². The largest absolute Gasteiger partial charge is 0.452 e. The summed E-state index contributed by atoms with van der Waals surface area (Å²) in [4.78, 5) is 30.1. The maximum atomic E-state index is 12.1. The minimum absolute atomic E-state index is 0.0255. The summed E-state index contributed by atoms with van der Waals surface area (Å²) in [7, 11) is 0. The summed E-state index contributed by atoms with van der Waals surface area (Å²) in [5.41, 5.74) is 4.84. The van der Waals surface area contributed by atoms with E-state index in [4.69, 9.17) is 5.73 Å². The number of H-pyrrole nitrogens is 1. The Morgan fingerprint density at radius 1 is 1.42 bits per heavy atom. The molecule has 1 aliphatic rings. The number of nitrogens with one attached hydrogen (secondary N) is 2. The van der Waals surface area contributed by atoms with Crippen molar-refractivity contribution in [3.05, 3.63) is 34.1 Å². The van der Waals surface area contributed by atoms with Gasteiger partial charge in [-0.3, -0.25) is 4.79 Å². The molecule has 24 heavy (non-hydrogen) atoms. The molecule has 0 bridgehead atoms. The lowest BCUT2D eigenvalue weighted by molar-refractivity contribution is -0.182. The molecule has 0 aliphatic carbocycles. The normalized spacial score (nSPS) is 16.9. The van der Waals surface area contributed by atoms with Crippen molar-refractivity contribution in [2.45, 2.75) is 24.9 Å². The second kappa shape index (κ2) is 7.47. The number of nitrogens with zero attached hydrogens (tertiary/aromatic N) is 1. The van der Waals surface area contributed by atoms with E-state index in [1.807, 2.05) is 0 Å². The smallest absolute Gasteiger partial charge is 0.422 e. The lowest BCUT2D eigenvalue weighted by Gasteiger charge is -2.22. The van der Waals surface area contributed by atoms with Crippen LogP contribution in [0.2, 0.25) is 0 Å². The van der Waals surface area contributed by atoms with Gasteiger partial charge in [-0.05, 0) is 25.9 Å². The zero-order valence-electron chi connectivity index (χ0n) is 12.7. The van der Waals surface area contributed by atoms with Gasteiger partial charge < -0.3 is 20.8 Å². The van der Waals surface area contributed by atoms with Crippen LogP contribution in [0.1, 0.15) is 30.3 Å². The molecule has 1 aliphatic heterocycles. The number of nitrogens with two attached hydrogens (primary N) is 1. The van der Waals surface area contributed by atoms with Crippen LogP contribution in [-0.2, 0) is 9.53 Å². The quantitative estimate of drug-likeness (QED) is 0.545. The molecule has 4 N–H and O–H groups in total. The van der Waals surface area contributed by atoms with Gasteiger partial charge in [-0.2, -0.15) is 13.2 Å². The molecular formula is C14H17F3N4O3. The van der Waals surface area contributed by atoms with Crippen LogP contribution in [0.25, 0.3) is 5.57 Å². The number of aromatic amines is 1. The number of aromatic nitrogens is 2. The molecule has 2 rings (SSSR count). The van der Waals surface area contributed by atoms with Gasteiger partial charge in [-0.25, -0.2) is 9.78 Å². The summed E-state index contributed by atoms with van der Waals surface area (Å²) in [5.74, 6) is -1.48. The van der Waals surface area contributed by atoms with Gasteiger partial charge in [0.2, 0.25) is 0 Å². The molecule has 0 atom stereocenters. The number of hydrogen-bond donors (Lipinski definition) is 3. The van der Waals surface area contributed by atoms with Crippen molar-refractivity contribution in [2.24, 2.45) is 5.73 Å². The summed E-state index contributed by atoms with van der Waals surface area (Å²) >= 11 is 0. The number of esters is 1. The van der Waals surface area contributed by atoms with Gasteiger partial charge in [-0.1, -0.05) is 0 Å². The maximum absolute atomic E-state index is 12.1. The van der Waals surface area contributed by atoms with Crippen LogP contribution in [0, 0.1) is 0 Å². The summed E-state index contributed by atoms with van der Waals surface area (Å²) in [6.07, 6.45) is -2.37. The molecule has 10 heteroatoms. The number of ether oxygens (including phenoxy) is 1. The number of hydrogen-bond acceptors (Lipinski definition) is 6. The predicted molar refractivity (Wildman–Crippen MR) is 78.9 cm³/mol. The number of rotatable bonds is 4. The molecule has 0 saturated carbocycles. The van der Waals surface area contributed by atoms with E-state index in [1.165, 1.54) is 6.07 Å². The number of carbonyl (C=O) groups is 1. The Hall–Kier alpha value is -2.36. The molecule has 0 aromatic carbocycles. The van der Waals surface area contributed by atoms with Crippen LogP contribution in [0.15, 0.2) is 17.1 Å². The Bertz CT molecular complexity index is 679. The van der Waals surface area contributed by atoms with Crippen LogP contribution >= 0.6 is 0 Å². The highest BCUT2D eigenvalue weighted by Crippen LogP contribution is 2.23. The molecule has 1 fully saturated rings. The summed E-state index contributed by atoms with van der Waals surface area (Å²) in [6, 6.07) is 1.31. The Morgan fingerprint density at radius 3 is 2.67 bits per heavy atom. The number of carbonyl (C=O) groups excluding carboxylic acids is 1. The second-order valence-corrected chi connectivity index (χ2v) is 5.31. The Balaban J connectivity index is 2.23. The second-order valence-electron chi connectivity index (χ2n) is 5.31. The minimum atomic E-state index is -4.66. The monoisotopic (exact) mass is 346 g/mol. The molecule has 132 valence electrons. The van der Waals surface area contributed by atoms with Gasteiger partial charge in [0, 0.05) is 18.2 Å². The third kappa shape index (κ3) is 4.82. The van der Waals surface area contributed by atoms with Gasteiger partial charge in [0.25, 0.3) is 5.56 Å². The van der Waals surface area contributed by atoms with Crippen molar-refractivity contribution < 1.29 is 22.7 Å². The van der Waals surface area contributed by atoms with Crippen molar-refractivity contribution in [1.82, 2.24) is 15.3 Å². The predicted octanol–water partition coefficient (Wildman–Crippen LogP) is 0.642. The van der Waals surface area contributed by atoms with Crippen LogP contribution in [0.5, 0.6) is 0 Å². The summed E-state index contributed by atoms with van der Waals surface area (Å²) in [6.45, 7) is -0.217. The highest BCUT2D eigenvalue weighted by Gasteiger charge is 2.31. The highest BCUT2D eigenvalue weighted by atomic mass is 19.4. The van der Waals surface area contributed by atoms with Gasteiger partial charge in [-0.15, -0.1) is 0 Å². The van der Waals surface area contributed by atoms with E-state index in [2.05, 4.69) is 20.0 Å². The fourth-order valence-electron chi connectivity index (χ4n) is 2.40. The Kier molecular flexibility index (Phi) is 5.60. The summed E-state index contributed by atoms with van der Waals surface area (Å²) in [5, 5.41) is 3.17. The van der Waals surface area contributed by atoms with E-state index in [0.29, 0.717) is 5.69 Å². The molecule has 0 spiro atoms. The zero-order chi connectivity index (χ0) is 17.7. The molecule has 0 radical (unpaired) electrons. The molecule has 1 aromatic rings. The van der Waals surface area contributed by atoms with Gasteiger partial charge in [0.05, 0.1) is 5.69 Å². The highest BCUT2D eigenvalue weighted by molar-refractivity contribution is 6.15. The number of halogens is 3. The lowest BCUT2D eigenvalue weighted by atomic mass is 9.94. The van der Waals surface area contributed by atoms with E-state index < -0.39 is 29.9 Å². The van der Waals surface area contributed by atoms with E-state index >= 15 is 0 Å². The first-order valence-corrected chi connectivity index (χ1v) is 7.28. The van der Waals surface area contributed by atoms with Crippen molar-refractivity contribution in [2.75, 3.05) is 19.7 Å². The Labute approximate surface area is 135 Å². The minimum Gasteiger partial charge on any atom is -0.452 e. The fourth-order valence-corrected chi connectivity index (χ4v) is 2.40. The van der Waals surface area contributed by atoms with E-state index in [1.54, 1.807) is 0 Å². The SMILES string of the molecule is NC=C(C(=O)OCC(F)(F)F)c1nc(C2CCNCC2)cc(=O)[nH]1. The average Bonchev–Trinajstić information content (AvgIpc) is 2.53. The number of alkyl halides is 3. The fraction of sp³-hybridized carbons (Fsp3) is 0.500. The molecule has 1 saturated heterocycles. The van der Waals surface area contributed by atoms with Crippen molar-refractivity contribution in [1.29, 1.82) is 0 Å². The van der Waals surface area contributed by atoms with Crippen molar-refractivity contribution in [3.63, 3.8) is 0 Å². The third-order valence-corrected chi connectivity index (χ3v) is 3.53. The van der Waals surface area contributed by atoms with Crippen LogP contribution in [0.4, 0.5) is 13.2 Å². The molecule has 1 aromatic heterocycles. The van der Waals surface area contributed by atoms with Crippen molar-refractivity contribution in [3.8, 4) is 0 Å². The van der Waals surface area contributed by atoms with Gasteiger partial charge in [0.15, 0.2) is 6.61 Å². The van der Waals surface area contributed by atoms with E-state index in [0.717, 1.165) is 32.1 Å². The van der Waals surface area contributed by atoms with E-state index in [-0.39, 0.29) is 11.7 Å². The van der Waals surface area contributed by atoms with Crippen LogP contribution < -0.4 is 16.6 Å². The van der Waals surface area contributed by atoms with Crippen LogP contribution in [0.3, 0.4) is 0 Å². The van der Waals surface area contributed by atoms with E-state index in [9.17, 15) is 22.8 Å². The molecule has 0 amide bonds. The summed E-state index contributed by atoms with van der Waals surface area (Å²) < 4.78 is 40.6. The average molecular weight is 346 g/mol. The van der Waals surface area contributed by atoms with Gasteiger partial charge >= 0.3 is 12.1 Å². The first-order chi connectivity index (χ1) is 11.3. The molecule has 0 unspecified atom stereocenters. The number of piperidine rings is 1.